The van der Waals surface area contributed by atoms with Crippen molar-refractivity contribution in [2.45, 2.75) is 42.8 Å². The van der Waals surface area contributed by atoms with Gasteiger partial charge in [0, 0.05) is 31.0 Å². The summed E-state index contributed by atoms with van der Waals surface area (Å²) in [6.45, 7) is 3.65. The van der Waals surface area contributed by atoms with E-state index in [1.54, 1.807) is 44.4 Å². The van der Waals surface area contributed by atoms with Crippen LogP contribution in [0, 0.1) is 0 Å². The molecule has 29 heavy (non-hydrogen) atoms. The van der Waals surface area contributed by atoms with Gasteiger partial charge in [0.1, 0.15) is 5.75 Å². The van der Waals surface area contributed by atoms with Crippen LogP contribution in [0.2, 0.25) is 0 Å². The van der Waals surface area contributed by atoms with E-state index in [9.17, 15) is 18.3 Å². The first kappa shape index (κ1) is 19.8. The zero-order valence-corrected chi connectivity index (χ0v) is 17.1. The summed E-state index contributed by atoms with van der Waals surface area (Å²) in [6.07, 6.45) is 3.79. The average Bonchev–Trinajstić information content (AvgIpc) is 2.69. The van der Waals surface area contributed by atoms with Gasteiger partial charge >= 0.3 is 0 Å². The van der Waals surface area contributed by atoms with E-state index in [-0.39, 0.29) is 36.7 Å². The number of hydrogen-bond donors (Lipinski definition) is 2. The predicted octanol–water partition coefficient (Wildman–Crippen LogP) is 1.86. The molecule has 1 aromatic carbocycles. The zero-order valence-electron chi connectivity index (χ0n) is 16.3. The van der Waals surface area contributed by atoms with Gasteiger partial charge in [0.15, 0.2) is 5.60 Å². The van der Waals surface area contributed by atoms with Gasteiger partial charge in [-0.15, -0.1) is 0 Å². The number of aromatic nitrogens is 1. The van der Waals surface area contributed by atoms with Crippen molar-refractivity contribution < 1.29 is 23.1 Å². The molecule has 0 bridgehead atoms. The lowest BCUT2D eigenvalue weighted by Crippen LogP contribution is -2.46. The summed E-state index contributed by atoms with van der Waals surface area (Å²) < 4.78 is 33.2. The molecule has 3 heterocycles. The Kier molecular flexibility index (Phi) is 4.64. The molecule has 0 unspecified atom stereocenters. The van der Waals surface area contributed by atoms with Gasteiger partial charge < -0.3 is 15.2 Å². The predicted molar refractivity (Wildman–Crippen MR) is 106 cm³/mol. The maximum Gasteiger partial charge on any atom is 0.268 e. The Morgan fingerprint density at radius 3 is 2.59 bits per heavy atom. The minimum absolute atomic E-state index is 0.0756. The second-order valence-electron chi connectivity index (χ2n) is 7.90. The van der Waals surface area contributed by atoms with Crippen LogP contribution < -0.4 is 10.1 Å². The molecule has 1 aromatic heterocycles. The number of pyridine rings is 1. The van der Waals surface area contributed by atoms with Gasteiger partial charge in [-0.1, -0.05) is 6.07 Å². The molecule has 9 heteroatoms. The molecule has 0 atom stereocenters. The van der Waals surface area contributed by atoms with E-state index in [1.807, 2.05) is 0 Å². The number of aliphatic hydroxyl groups is 1. The molecule has 2 aliphatic heterocycles. The lowest BCUT2D eigenvalue weighted by atomic mass is 9.86. The smallest absolute Gasteiger partial charge is 0.268 e. The monoisotopic (exact) mass is 417 g/mol. The number of piperidine rings is 1. The Hall–Kier alpha value is -2.49. The largest absolute Gasteiger partial charge is 0.476 e. The molecule has 0 aliphatic carbocycles. The maximum absolute atomic E-state index is 13.1. The number of fused-ring (bicyclic) bond motifs is 1. The van der Waals surface area contributed by atoms with E-state index < -0.39 is 21.2 Å². The fraction of sp³-hybridized carbons (Fsp3) is 0.400. The number of sulfonamides is 1. The van der Waals surface area contributed by atoms with Crippen molar-refractivity contribution in [2.24, 2.45) is 0 Å². The number of rotatable bonds is 3. The minimum Gasteiger partial charge on any atom is -0.476 e. The summed E-state index contributed by atoms with van der Waals surface area (Å²) in [4.78, 5) is 16.2. The van der Waals surface area contributed by atoms with Crippen molar-refractivity contribution in [3.63, 3.8) is 0 Å². The first-order chi connectivity index (χ1) is 13.6. The van der Waals surface area contributed by atoms with Gasteiger partial charge in [-0.05, 0) is 51.0 Å². The molecule has 1 fully saturated rings. The van der Waals surface area contributed by atoms with Crippen LogP contribution in [-0.2, 0) is 20.4 Å². The molecule has 2 aromatic rings. The first-order valence-corrected chi connectivity index (χ1v) is 10.8. The first-order valence-electron chi connectivity index (χ1n) is 9.39. The summed E-state index contributed by atoms with van der Waals surface area (Å²) >= 11 is 0. The summed E-state index contributed by atoms with van der Waals surface area (Å²) in [7, 11) is -3.77. The average molecular weight is 417 g/mol. The molecule has 154 valence electrons. The van der Waals surface area contributed by atoms with Crippen LogP contribution in [0.25, 0.3) is 0 Å². The van der Waals surface area contributed by atoms with Crippen molar-refractivity contribution in [3.8, 4) is 5.75 Å². The summed E-state index contributed by atoms with van der Waals surface area (Å²) in [5.74, 6) is 0.0946. The highest BCUT2D eigenvalue weighted by molar-refractivity contribution is 7.89. The lowest BCUT2D eigenvalue weighted by Gasteiger charge is -2.37. The summed E-state index contributed by atoms with van der Waals surface area (Å²) in [5, 5.41) is 13.6. The van der Waals surface area contributed by atoms with E-state index in [0.29, 0.717) is 17.0 Å². The molecule has 2 aliphatic rings. The molecular weight excluding hydrogens is 394 g/mol. The van der Waals surface area contributed by atoms with E-state index in [0.717, 1.165) is 0 Å². The van der Waals surface area contributed by atoms with Crippen LogP contribution in [-0.4, -0.2) is 47.4 Å². The van der Waals surface area contributed by atoms with Gasteiger partial charge in [-0.25, -0.2) is 8.42 Å². The van der Waals surface area contributed by atoms with Gasteiger partial charge in [-0.2, -0.15) is 4.31 Å². The molecular formula is C20H23N3O5S. The normalized spacial score (nSPS) is 21.0. The fourth-order valence-electron chi connectivity index (χ4n) is 3.62. The molecule has 1 amide bonds. The molecule has 2 N–H and O–H groups in total. The number of anilines is 1. The fourth-order valence-corrected chi connectivity index (χ4v) is 5.09. The maximum atomic E-state index is 13.1. The van der Waals surface area contributed by atoms with Crippen molar-refractivity contribution in [2.75, 3.05) is 18.4 Å². The van der Waals surface area contributed by atoms with Crippen LogP contribution in [0.4, 0.5) is 5.69 Å². The van der Waals surface area contributed by atoms with Crippen molar-refractivity contribution >= 4 is 21.6 Å². The van der Waals surface area contributed by atoms with E-state index in [4.69, 9.17) is 4.74 Å². The van der Waals surface area contributed by atoms with Crippen molar-refractivity contribution in [1.82, 2.24) is 9.29 Å². The van der Waals surface area contributed by atoms with Crippen LogP contribution in [0.15, 0.2) is 47.6 Å². The highest BCUT2D eigenvalue weighted by Crippen LogP contribution is 2.38. The Morgan fingerprint density at radius 1 is 1.21 bits per heavy atom. The summed E-state index contributed by atoms with van der Waals surface area (Å²) in [6, 6.07) is 7.99. The van der Waals surface area contributed by atoms with Crippen LogP contribution >= 0.6 is 0 Å². The molecule has 1 saturated heterocycles. The lowest BCUT2D eigenvalue weighted by molar-refractivity contribution is -0.129. The third kappa shape index (κ3) is 3.50. The van der Waals surface area contributed by atoms with Crippen molar-refractivity contribution in [3.05, 3.63) is 48.3 Å². The van der Waals surface area contributed by atoms with Crippen LogP contribution in [0.1, 0.15) is 32.3 Å². The van der Waals surface area contributed by atoms with Crippen LogP contribution in [0.3, 0.4) is 0 Å². The number of hydrogen-bond acceptors (Lipinski definition) is 6. The van der Waals surface area contributed by atoms with E-state index in [1.165, 1.54) is 16.4 Å². The summed E-state index contributed by atoms with van der Waals surface area (Å²) in [5.41, 5.74) is -1.09. The third-order valence-electron chi connectivity index (χ3n) is 5.50. The number of nitrogens with one attached hydrogen (secondary N) is 1. The van der Waals surface area contributed by atoms with Gasteiger partial charge in [0.05, 0.1) is 16.2 Å². The number of carbonyl (C=O) groups excluding carboxylic acids is 1. The molecule has 4 rings (SSSR count). The standard InChI is InChI=1S/C20H23N3O5S/c1-19(2)18(24)22-16-12-15(5-6-17(16)28-19)29(26,27)23-10-7-20(25,8-11-23)14-4-3-9-21-13-14/h3-6,9,12-13,25H,7-8,10-11H2,1-2H3,(H,22,24). The third-order valence-corrected chi connectivity index (χ3v) is 7.39. The topological polar surface area (TPSA) is 109 Å². The van der Waals surface area contributed by atoms with Crippen molar-refractivity contribution in [1.29, 1.82) is 0 Å². The molecule has 0 radical (unpaired) electrons. The van der Waals surface area contributed by atoms with E-state index >= 15 is 0 Å². The van der Waals surface area contributed by atoms with E-state index in [2.05, 4.69) is 10.3 Å². The number of carbonyl (C=O) groups is 1. The van der Waals surface area contributed by atoms with Gasteiger partial charge in [-0.3, -0.25) is 9.78 Å². The van der Waals surface area contributed by atoms with Crippen LogP contribution in [0.5, 0.6) is 5.75 Å². The molecule has 8 nitrogen and oxygen atoms in total. The molecule has 0 spiro atoms. The highest BCUT2D eigenvalue weighted by atomic mass is 32.2. The van der Waals surface area contributed by atoms with Gasteiger partial charge in [0.2, 0.25) is 10.0 Å². The number of amides is 1. The SMILES string of the molecule is CC1(C)Oc2ccc(S(=O)(=O)N3CCC(O)(c4cccnc4)CC3)cc2NC1=O. The zero-order chi connectivity index (χ0) is 20.9. The quantitative estimate of drug-likeness (QED) is 0.789. The Labute approximate surface area is 169 Å². The minimum atomic E-state index is -3.77. The number of benzene rings is 1. The number of nitrogens with zero attached hydrogens (tertiary/aromatic N) is 2. The second-order valence-corrected chi connectivity index (χ2v) is 9.84. The molecule has 0 saturated carbocycles. The highest BCUT2D eigenvalue weighted by Gasteiger charge is 2.40. The Morgan fingerprint density at radius 2 is 1.93 bits per heavy atom. The number of ether oxygens (including phenoxy) is 1. The van der Waals surface area contributed by atoms with Gasteiger partial charge in [0.25, 0.3) is 5.91 Å². The Bertz CT molecular complexity index is 1050. The Balaban J connectivity index is 1.55. The second kappa shape index (κ2) is 6.79.